The molecule has 3 aliphatic rings. The number of carbonyl (C=O) groups is 1. The molecule has 4 nitrogen and oxygen atoms in total. The molecule has 1 amide bonds. The molecule has 0 aromatic heterocycles. The normalized spacial score (nSPS) is 28.8. The van der Waals surface area contributed by atoms with E-state index in [0.717, 1.165) is 45.1 Å². The van der Waals surface area contributed by atoms with E-state index in [1.165, 1.54) is 32.1 Å². The van der Waals surface area contributed by atoms with Gasteiger partial charge in [0, 0.05) is 19.1 Å². The Bertz CT molecular complexity index is 337. The molecule has 0 bridgehead atoms. The maximum atomic E-state index is 12.9. The summed E-state index contributed by atoms with van der Waals surface area (Å²) >= 11 is 0. The molecule has 20 heavy (non-hydrogen) atoms. The molecule has 0 radical (unpaired) electrons. The zero-order chi connectivity index (χ0) is 13.9. The molecule has 2 heterocycles. The summed E-state index contributed by atoms with van der Waals surface area (Å²) in [5, 5.41) is 3.43. The van der Waals surface area contributed by atoms with Gasteiger partial charge in [-0.15, -0.1) is 0 Å². The molecule has 1 N–H and O–H groups in total. The van der Waals surface area contributed by atoms with Crippen LogP contribution in [0.15, 0.2) is 0 Å². The standard InChI is InChI=1S/C16H29N3O/c1-2-18(12-13-5-6-13)16(20)15-4-3-11-19(15)14-7-9-17-10-8-14/h13-15,17H,2-12H2,1H3. The number of nitrogens with one attached hydrogen (secondary N) is 1. The molecule has 4 heteroatoms. The average Bonchev–Trinajstić information content (AvgIpc) is 3.18. The molecule has 1 aliphatic carbocycles. The van der Waals surface area contributed by atoms with Crippen molar-refractivity contribution in [2.24, 2.45) is 5.92 Å². The van der Waals surface area contributed by atoms with Gasteiger partial charge in [-0.05, 0) is 71.0 Å². The Morgan fingerprint density at radius 3 is 2.60 bits per heavy atom. The summed E-state index contributed by atoms with van der Waals surface area (Å²) in [6, 6.07) is 0.809. The van der Waals surface area contributed by atoms with Crippen LogP contribution in [0.25, 0.3) is 0 Å². The Morgan fingerprint density at radius 2 is 1.95 bits per heavy atom. The summed E-state index contributed by atoms with van der Waals surface area (Å²) in [5.74, 6) is 1.21. The van der Waals surface area contributed by atoms with Crippen molar-refractivity contribution in [3.63, 3.8) is 0 Å². The van der Waals surface area contributed by atoms with Crippen LogP contribution < -0.4 is 5.32 Å². The van der Waals surface area contributed by atoms with Crippen molar-refractivity contribution >= 4 is 5.91 Å². The number of carbonyl (C=O) groups excluding carboxylic acids is 1. The van der Waals surface area contributed by atoms with Gasteiger partial charge >= 0.3 is 0 Å². The topological polar surface area (TPSA) is 35.6 Å². The van der Waals surface area contributed by atoms with E-state index < -0.39 is 0 Å². The van der Waals surface area contributed by atoms with Gasteiger partial charge in [-0.2, -0.15) is 0 Å². The first-order valence-corrected chi connectivity index (χ1v) is 8.55. The maximum absolute atomic E-state index is 12.9. The van der Waals surface area contributed by atoms with Gasteiger partial charge in [-0.25, -0.2) is 0 Å². The van der Waals surface area contributed by atoms with Crippen LogP contribution in [0.3, 0.4) is 0 Å². The number of amides is 1. The van der Waals surface area contributed by atoms with Gasteiger partial charge in [-0.3, -0.25) is 9.69 Å². The summed E-state index contributed by atoms with van der Waals surface area (Å²) < 4.78 is 0. The van der Waals surface area contributed by atoms with Crippen molar-refractivity contribution in [1.82, 2.24) is 15.1 Å². The Balaban J connectivity index is 1.61. The molecule has 3 rings (SSSR count). The second kappa shape index (κ2) is 6.44. The van der Waals surface area contributed by atoms with Crippen LogP contribution in [0.5, 0.6) is 0 Å². The fourth-order valence-corrected chi connectivity index (χ4v) is 3.83. The molecule has 114 valence electrons. The van der Waals surface area contributed by atoms with Crippen LogP contribution in [0.1, 0.15) is 45.4 Å². The van der Waals surface area contributed by atoms with Crippen molar-refractivity contribution in [2.75, 3.05) is 32.7 Å². The molecular formula is C16H29N3O. The third-order valence-electron chi connectivity index (χ3n) is 5.23. The highest BCUT2D eigenvalue weighted by Crippen LogP contribution is 2.31. The molecule has 1 atom stereocenters. The largest absolute Gasteiger partial charge is 0.341 e. The first-order chi connectivity index (χ1) is 9.79. The number of piperidine rings is 1. The maximum Gasteiger partial charge on any atom is 0.239 e. The molecule has 0 aromatic rings. The van der Waals surface area contributed by atoms with Gasteiger partial charge in [0.15, 0.2) is 0 Å². The highest BCUT2D eigenvalue weighted by Gasteiger charge is 2.38. The first-order valence-electron chi connectivity index (χ1n) is 8.55. The summed E-state index contributed by atoms with van der Waals surface area (Å²) in [7, 11) is 0. The Kier molecular flexibility index (Phi) is 4.61. The lowest BCUT2D eigenvalue weighted by molar-refractivity contribution is -0.137. The van der Waals surface area contributed by atoms with Gasteiger partial charge in [0.05, 0.1) is 6.04 Å². The first kappa shape index (κ1) is 14.3. The Morgan fingerprint density at radius 1 is 1.20 bits per heavy atom. The van der Waals surface area contributed by atoms with Crippen LogP contribution in [-0.4, -0.2) is 60.5 Å². The molecule has 2 saturated heterocycles. The van der Waals surface area contributed by atoms with E-state index in [9.17, 15) is 4.79 Å². The van der Waals surface area contributed by atoms with Crippen molar-refractivity contribution < 1.29 is 4.79 Å². The van der Waals surface area contributed by atoms with Gasteiger partial charge < -0.3 is 10.2 Å². The lowest BCUT2D eigenvalue weighted by Gasteiger charge is -2.37. The van der Waals surface area contributed by atoms with Crippen molar-refractivity contribution in [2.45, 2.75) is 57.5 Å². The number of likely N-dealkylation sites (tertiary alicyclic amines) is 1. The Hall–Kier alpha value is -0.610. The third-order valence-corrected chi connectivity index (χ3v) is 5.23. The quantitative estimate of drug-likeness (QED) is 0.827. The summed E-state index contributed by atoms with van der Waals surface area (Å²) in [4.78, 5) is 17.5. The minimum absolute atomic E-state index is 0.178. The fourth-order valence-electron chi connectivity index (χ4n) is 3.83. The van der Waals surface area contributed by atoms with Crippen molar-refractivity contribution in [3.05, 3.63) is 0 Å². The van der Waals surface area contributed by atoms with E-state index >= 15 is 0 Å². The lowest BCUT2D eigenvalue weighted by Crippen LogP contribution is -2.52. The zero-order valence-electron chi connectivity index (χ0n) is 12.8. The van der Waals surface area contributed by atoms with Crippen molar-refractivity contribution in [1.29, 1.82) is 0 Å². The minimum Gasteiger partial charge on any atom is -0.341 e. The van der Waals surface area contributed by atoms with Crippen LogP contribution >= 0.6 is 0 Å². The number of hydrogen-bond acceptors (Lipinski definition) is 3. The zero-order valence-corrected chi connectivity index (χ0v) is 12.8. The van der Waals surface area contributed by atoms with Gasteiger partial charge in [0.2, 0.25) is 5.91 Å². The van der Waals surface area contributed by atoms with E-state index in [-0.39, 0.29) is 6.04 Å². The summed E-state index contributed by atoms with van der Waals surface area (Å²) in [6.45, 7) is 7.37. The van der Waals surface area contributed by atoms with Crippen LogP contribution in [0.2, 0.25) is 0 Å². The highest BCUT2D eigenvalue weighted by atomic mass is 16.2. The van der Waals surface area contributed by atoms with Gasteiger partial charge in [0.1, 0.15) is 0 Å². The molecule has 1 saturated carbocycles. The third kappa shape index (κ3) is 3.17. The van der Waals surface area contributed by atoms with E-state index in [1.807, 2.05) is 0 Å². The number of rotatable bonds is 5. The number of hydrogen-bond donors (Lipinski definition) is 1. The van der Waals surface area contributed by atoms with E-state index in [1.54, 1.807) is 0 Å². The second-order valence-electron chi connectivity index (χ2n) is 6.70. The SMILES string of the molecule is CCN(CC1CC1)C(=O)C1CCCN1C1CCNCC1. The molecule has 1 unspecified atom stereocenters. The summed E-state index contributed by atoms with van der Waals surface area (Å²) in [6.07, 6.45) is 7.33. The lowest BCUT2D eigenvalue weighted by atomic mass is 10.0. The minimum atomic E-state index is 0.178. The molecular weight excluding hydrogens is 250 g/mol. The fraction of sp³-hybridized carbons (Fsp3) is 0.938. The van der Waals surface area contributed by atoms with E-state index in [0.29, 0.717) is 11.9 Å². The highest BCUT2D eigenvalue weighted by molar-refractivity contribution is 5.82. The summed E-state index contributed by atoms with van der Waals surface area (Å²) in [5.41, 5.74) is 0. The average molecular weight is 279 g/mol. The second-order valence-corrected chi connectivity index (χ2v) is 6.70. The van der Waals surface area contributed by atoms with Gasteiger partial charge in [0.25, 0.3) is 0 Å². The Labute approximate surface area is 122 Å². The van der Waals surface area contributed by atoms with Gasteiger partial charge in [-0.1, -0.05) is 0 Å². The molecule has 2 aliphatic heterocycles. The van der Waals surface area contributed by atoms with E-state index in [2.05, 4.69) is 22.0 Å². The number of likely N-dealkylation sites (N-methyl/N-ethyl adjacent to an activating group) is 1. The predicted molar refractivity (Wildman–Crippen MR) is 80.6 cm³/mol. The number of nitrogens with zero attached hydrogens (tertiary/aromatic N) is 2. The monoisotopic (exact) mass is 279 g/mol. The van der Waals surface area contributed by atoms with Crippen LogP contribution in [0.4, 0.5) is 0 Å². The van der Waals surface area contributed by atoms with E-state index in [4.69, 9.17) is 0 Å². The predicted octanol–water partition coefficient (Wildman–Crippen LogP) is 1.46. The van der Waals surface area contributed by atoms with Crippen LogP contribution in [0, 0.1) is 5.92 Å². The molecule has 0 spiro atoms. The van der Waals surface area contributed by atoms with Crippen LogP contribution in [-0.2, 0) is 4.79 Å². The van der Waals surface area contributed by atoms with Crippen molar-refractivity contribution in [3.8, 4) is 0 Å². The molecule has 0 aromatic carbocycles. The molecule has 3 fully saturated rings. The smallest absolute Gasteiger partial charge is 0.239 e.